The quantitative estimate of drug-likeness (QED) is 0.681. The van der Waals surface area contributed by atoms with E-state index in [4.69, 9.17) is 0 Å². The molecule has 0 unspecified atom stereocenters. The fourth-order valence-electron chi connectivity index (χ4n) is 0.948. The summed E-state index contributed by atoms with van der Waals surface area (Å²) in [5.41, 5.74) is 1.38. The zero-order valence-electron chi connectivity index (χ0n) is 5.44. The SMILES string of the molecule is O=c1[nH]c2c[c]c(Br)cc2[nH]1. The summed E-state index contributed by atoms with van der Waals surface area (Å²) >= 11 is 3.25. The Morgan fingerprint density at radius 3 is 2.91 bits per heavy atom. The lowest BCUT2D eigenvalue weighted by Crippen LogP contribution is -1.99. The molecule has 0 aliphatic carbocycles. The van der Waals surface area contributed by atoms with Gasteiger partial charge in [0.2, 0.25) is 0 Å². The molecule has 55 valence electrons. The standard InChI is InChI=1S/C7H4BrN2O/c8-4-1-2-5-6(3-4)10-7(11)9-5/h2-3H,(H2,9,10,11). The largest absolute Gasteiger partial charge is 0.323 e. The highest BCUT2D eigenvalue weighted by Crippen LogP contribution is 2.13. The Balaban J connectivity index is 2.92. The van der Waals surface area contributed by atoms with Gasteiger partial charge >= 0.3 is 5.69 Å². The van der Waals surface area contributed by atoms with Crippen LogP contribution < -0.4 is 5.69 Å². The first kappa shape index (κ1) is 6.67. The Morgan fingerprint density at radius 1 is 1.36 bits per heavy atom. The molecule has 0 spiro atoms. The van der Waals surface area contributed by atoms with Gasteiger partial charge in [0.25, 0.3) is 0 Å². The smallest absolute Gasteiger partial charge is 0.306 e. The summed E-state index contributed by atoms with van der Waals surface area (Å²) in [6, 6.07) is 6.43. The molecule has 0 aliphatic heterocycles. The van der Waals surface area contributed by atoms with E-state index in [2.05, 4.69) is 32.0 Å². The number of imidazole rings is 1. The minimum absolute atomic E-state index is 0.188. The topological polar surface area (TPSA) is 48.6 Å². The average molecular weight is 212 g/mol. The second-order valence-corrected chi connectivity index (χ2v) is 3.04. The molecule has 0 aliphatic rings. The molecule has 0 saturated carbocycles. The first-order valence-corrected chi connectivity index (χ1v) is 3.84. The maximum absolute atomic E-state index is 10.8. The number of hydrogen-bond acceptors (Lipinski definition) is 1. The van der Waals surface area contributed by atoms with Crippen molar-refractivity contribution in [1.29, 1.82) is 0 Å². The van der Waals surface area contributed by atoms with Gasteiger partial charge < -0.3 is 9.97 Å². The Kier molecular flexibility index (Phi) is 1.35. The predicted molar refractivity (Wildman–Crippen MR) is 45.5 cm³/mol. The summed E-state index contributed by atoms with van der Waals surface area (Å²) in [7, 11) is 0. The Labute approximate surface area is 70.6 Å². The summed E-state index contributed by atoms with van der Waals surface area (Å²) < 4.78 is 0.834. The average Bonchev–Trinajstić information content (AvgIpc) is 2.27. The number of halogens is 1. The minimum atomic E-state index is -0.188. The van der Waals surface area contributed by atoms with Crippen LogP contribution in [0.3, 0.4) is 0 Å². The van der Waals surface area contributed by atoms with Gasteiger partial charge in [-0.3, -0.25) is 0 Å². The lowest BCUT2D eigenvalue weighted by atomic mass is 10.3. The number of fused-ring (bicyclic) bond motifs is 1. The zero-order chi connectivity index (χ0) is 7.84. The van der Waals surface area contributed by atoms with Crippen molar-refractivity contribution in [3.63, 3.8) is 0 Å². The molecule has 2 aromatic rings. The molecule has 2 N–H and O–H groups in total. The van der Waals surface area contributed by atoms with Crippen molar-refractivity contribution in [3.8, 4) is 0 Å². The van der Waals surface area contributed by atoms with Crippen LogP contribution in [0, 0.1) is 6.07 Å². The van der Waals surface area contributed by atoms with Gasteiger partial charge in [-0.1, -0.05) is 15.9 Å². The highest BCUT2D eigenvalue weighted by Gasteiger charge is 1.96. The molecule has 1 aromatic heterocycles. The second-order valence-electron chi connectivity index (χ2n) is 2.19. The summed E-state index contributed by atoms with van der Waals surface area (Å²) in [5, 5.41) is 0. The fourth-order valence-corrected chi connectivity index (χ4v) is 1.29. The van der Waals surface area contributed by atoms with Crippen molar-refractivity contribution in [2.75, 3.05) is 0 Å². The summed E-state index contributed by atoms with van der Waals surface area (Å²) in [4.78, 5) is 16.0. The van der Waals surface area contributed by atoms with E-state index in [-0.39, 0.29) is 5.69 Å². The van der Waals surface area contributed by atoms with Crippen LogP contribution in [-0.4, -0.2) is 9.97 Å². The van der Waals surface area contributed by atoms with Crippen LogP contribution in [0.4, 0.5) is 0 Å². The zero-order valence-corrected chi connectivity index (χ0v) is 7.03. The van der Waals surface area contributed by atoms with E-state index in [9.17, 15) is 4.79 Å². The van der Waals surface area contributed by atoms with Gasteiger partial charge in [0.1, 0.15) is 0 Å². The van der Waals surface area contributed by atoms with Crippen LogP contribution >= 0.6 is 15.9 Å². The number of nitrogens with one attached hydrogen (secondary N) is 2. The molecule has 1 heterocycles. The molecule has 1 aromatic carbocycles. The number of hydrogen-bond donors (Lipinski definition) is 2. The Bertz CT molecular complexity index is 443. The number of benzene rings is 1. The molecule has 1 radical (unpaired) electrons. The van der Waals surface area contributed by atoms with Gasteiger partial charge in [0, 0.05) is 4.47 Å². The van der Waals surface area contributed by atoms with Crippen molar-refractivity contribution < 1.29 is 0 Å². The van der Waals surface area contributed by atoms with E-state index in [1.54, 1.807) is 12.1 Å². The Hall–Kier alpha value is -1.03. The van der Waals surface area contributed by atoms with Crippen LogP contribution in [-0.2, 0) is 0 Å². The first-order chi connectivity index (χ1) is 5.25. The third-order valence-electron chi connectivity index (χ3n) is 1.41. The van der Waals surface area contributed by atoms with Crippen LogP contribution in [0.25, 0.3) is 11.0 Å². The van der Waals surface area contributed by atoms with Gasteiger partial charge in [-0.25, -0.2) is 4.79 Å². The van der Waals surface area contributed by atoms with Crippen LogP contribution in [0.5, 0.6) is 0 Å². The van der Waals surface area contributed by atoms with E-state index in [1.807, 2.05) is 0 Å². The molecule has 0 fully saturated rings. The molecule has 0 amide bonds. The molecule has 0 saturated heterocycles. The normalized spacial score (nSPS) is 10.6. The van der Waals surface area contributed by atoms with Crippen molar-refractivity contribution in [2.45, 2.75) is 0 Å². The predicted octanol–water partition coefficient (Wildman–Crippen LogP) is 1.42. The second kappa shape index (κ2) is 2.23. The van der Waals surface area contributed by atoms with E-state index in [0.717, 1.165) is 15.5 Å². The third-order valence-corrected chi connectivity index (χ3v) is 1.87. The van der Waals surface area contributed by atoms with E-state index in [1.165, 1.54) is 0 Å². The summed E-state index contributed by atoms with van der Waals surface area (Å²) in [5.74, 6) is 0. The number of aromatic amines is 2. The Morgan fingerprint density at radius 2 is 2.09 bits per heavy atom. The number of H-pyrrole nitrogens is 2. The van der Waals surface area contributed by atoms with Gasteiger partial charge in [0.15, 0.2) is 0 Å². The number of aromatic nitrogens is 2. The third kappa shape index (κ3) is 1.09. The van der Waals surface area contributed by atoms with Crippen LogP contribution in [0.2, 0.25) is 0 Å². The highest BCUT2D eigenvalue weighted by molar-refractivity contribution is 9.10. The van der Waals surface area contributed by atoms with Gasteiger partial charge in [-0.05, 0) is 18.2 Å². The monoisotopic (exact) mass is 211 g/mol. The van der Waals surface area contributed by atoms with Crippen molar-refractivity contribution in [2.24, 2.45) is 0 Å². The fraction of sp³-hybridized carbons (Fsp3) is 0. The van der Waals surface area contributed by atoms with Gasteiger partial charge in [-0.15, -0.1) is 0 Å². The summed E-state index contributed by atoms with van der Waals surface area (Å²) in [6.07, 6.45) is 0. The maximum Gasteiger partial charge on any atom is 0.323 e. The minimum Gasteiger partial charge on any atom is -0.306 e. The van der Waals surface area contributed by atoms with Crippen molar-refractivity contribution in [3.05, 3.63) is 33.2 Å². The van der Waals surface area contributed by atoms with Crippen molar-refractivity contribution in [1.82, 2.24) is 9.97 Å². The first-order valence-electron chi connectivity index (χ1n) is 3.05. The molecule has 4 heteroatoms. The lowest BCUT2D eigenvalue weighted by Gasteiger charge is -1.87. The van der Waals surface area contributed by atoms with E-state index < -0.39 is 0 Å². The van der Waals surface area contributed by atoms with Crippen molar-refractivity contribution >= 4 is 27.0 Å². The molecule has 0 atom stereocenters. The lowest BCUT2D eigenvalue weighted by molar-refractivity contribution is 1.21. The van der Waals surface area contributed by atoms with Gasteiger partial charge in [-0.2, -0.15) is 0 Å². The maximum atomic E-state index is 10.8. The van der Waals surface area contributed by atoms with Gasteiger partial charge in [0.05, 0.1) is 11.0 Å². The van der Waals surface area contributed by atoms with Crippen LogP contribution in [0.1, 0.15) is 0 Å². The molecule has 3 nitrogen and oxygen atoms in total. The molecular formula is C7H4BrN2O. The molecule has 11 heavy (non-hydrogen) atoms. The molecule has 0 bridgehead atoms. The molecule has 2 rings (SSSR count). The number of rotatable bonds is 0. The van der Waals surface area contributed by atoms with Crippen LogP contribution in [0.15, 0.2) is 21.4 Å². The highest BCUT2D eigenvalue weighted by atomic mass is 79.9. The summed E-state index contributed by atoms with van der Waals surface area (Å²) in [6.45, 7) is 0. The molecular weight excluding hydrogens is 208 g/mol. The van der Waals surface area contributed by atoms with E-state index in [0.29, 0.717) is 0 Å². The van der Waals surface area contributed by atoms with E-state index >= 15 is 0 Å².